The summed E-state index contributed by atoms with van der Waals surface area (Å²) < 4.78 is 0. The molecule has 6 nitrogen and oxygen atoms in total. The molecule has 3 rings (SSSR count). The van der Waals surface area contributed by atoms with Crippen LogP contribution in [0.4, 0.5) is 10.5 Å². The van der Waals surface area contributed by atoms with Gasteiger partial charge in [-0.2, -0.15) is 0 Å². The fraction of sp³-hybridized carbons (Fsp3) is 0.556. The van der Waals surface area contributed by atoms with Gasteiger partial charge in [-0.15, -0.1) is 0 Å². The van der Waals surface area contributed by atoms with Gasteiger partial charge in [-0.05, 0) is 56.2 Å². The number of hydrogen-bond acceptors (Lipinski definition) is 3. The first-order valence-electron chi connectivity index (χ1n) is 8.70. The monoisotopic (exact) mass is 365 g/mol. The van der Waals surface area contributed by atoms with Gasteiger partial charge in [0.15, 0.2) is 0 Å². The molecule has 0 aromatic heterocycles. The number of benzene rings is 1. The van der Waals surface area contributed by atoms with Crippen LogP contribution in [0.15, 0.2) is 18.2 Å². The van der Waals surface area contributed by atoms with Crippen LogP contribution < -0.4 is 10.6 Å². The summed E-state index contributed by atoms with van der Waals surface area (Å²) in [5.41, 5.74) is 1.64. The number of nitrogens with one attached hydrogen (secondary N) is 2. The van der Waals surface area contributed by atoms with Crippen molar-refractivity contribution in [1.82, 2.24) is 10.2 Å². The van der Waals surface area contributed by atoms with E-state index in [2.05, 4.69) is 15.5 Å². The summed E-state index contributed by atoms with van der Waals surface area (Å²) in [6, 6.07) is 5.45. The molecule has 0 spiro atoms. The van der Waals surface area contributed by atoms with Crippen molar-refractivity contribution in [2.24, 2.45) is 5.92 Å². The maximum atomic E-state index is 12.1. The SMILES string of the molecule is Cc1ccc(Cl)cc1NC(=O)NC1CC(N(CC(=O)O)CC2CC2)C1. The number of urea groups is 1. The van der Waals surface area contributed by atoms with Crippen molar-refractivity contribution >= 4 is 29.3 Å². The van der Waals surface area contributed by atoms with E-state index in [-0.39, 0.29) is 24.7 Å². The third-order valence-corrected chi connectivity index (χ3v) is 5.18. The summed E-state index contributed by atoms with van der Waals surface area (Å²) in [5, 5.41) is 15.4. The van der Waals surface area contributed by atoms with E-state index in [1.807, 2.05) is 13.0 Å². The number of carboxylic acid groups (broad SMARTS) is 1. The van der Waals surface area contributed by atoms with Gasteiger partial charge in [0.25, 0.3) is 0 Å². The zero-order valence-corrected chi connectivity index (χ0v) is 15.1. The summed E-state index contributed by atoms with van der Waals surface area (Å²) in [6.45, 7) is 2.85. The van der Waals surface area contributed by atoms with Gasteiger partial charge in [0.2, 0.25) is 0 Å². The lowest BCUT2D eigenvalue weighted by molar-refractivity contribution is -0.139. The van der Waals surface area contributed by atoms with Crippen molar-refractivity contribution in [2.75, 3.05) is 18.4 Å². The molecule has 2 fully saturated rings. The van der Waals surface area contributed by atoms with Gasteiger partial charge in [-0.1, -0.05) is 17.7 Å². The molecule has 1 aromatic rings. The molecule has 136 valence electrons. The first-order valence-corrected chi connectivity index (χ1v) is 9.08. The first-order chi connectivity index (χ1) is 11.9. The van der Waals surface area contributed by atoms with Crippen molar-refractivity contribution < 1.29 is 14.7 Å². The third kappa shape index (κ3) is 5.09. The molecular formula is C18H24ClN3O3. The molecular weight excluding hydrogens is 342 g/mol. The predicted molar refractivity (Wildman–Crippen MR) is 97.1 cm³/mol. The Bertz CT molecular complexity index is 657. The van der Waals surface area contributed by atoms with E-state index in [4.69, 9.17) is 16.7 Å². The minimum absolute atomic E-state index is 0.0833. The molecule has 1 aromatic carbocycles. The highest BCUT2D eigenvalue weighted by molar-refractivity contribution is 6.31. The summed E-state index contributed by atoms with van der Waals surface area (Å²) in [7, 11) is 0. The summed E-state index contributed by atoms with van der Waals surface area (Å²) >= 11 is 5.96. The maximum Gasteiger partial charge on any atom is 0.319 e. The van der Waals surface area contributed by atoms with Crippen molar-refractivity contribution in [2.45, 2.75) is 44.7 Å². The molecule has 0 atom stereocenters. The van der Waals surface area contributed by atoms with E-state index in [0.29, 0.717) is 16.6 Å². The quantitative estimate of drug-likeness (QED) is 0.693. The zero-order valence-electron chi connectivity index (χ0n) is 14.3. The molecule has 0 saturated heterocycles. The van der Waals surface area contributed by atoms with Crippen molar-refractivity contribution in [1.29, 1.82) is 0 Å². The highest BCUT2D eigenvalue weighted by atomic mass is 35.5. The van der Waals surface area contributed by atoms with Crippen LogP contribution in [0.5, 0.6) is 0 Å². The van der Waals surface area contributed by atoms with E-state index >= 15 is 0 Å². The molecule has 0 unspecified atom stereocenters. The third-order valence-electron chi connectivity index (χ3n) is 4.94. The Hall–Kier alpha value is -1.79. The van der Waals surface area contributed by atoms with Gasteiger partial charge in [-0.3, -0.25) is 9.69 Å². The Balaban J connectivity index is 1.46. The molecule has 0 heterocycles. The Morgan fingerprint density at radius 1 is 1.32 bits per heavy atom. The van der Waals surface area contributed by atoms with Crippen molar-refractivity contribution in [3.8, 4) is 0 Å². The second kappa shape index (κ2) is 7.62. The molecule has 7 heteroatoms. The predicted octanol–water partition coefficient (Wildman–Crippen LogP) is 3.10. The number of carbonyl (C=O) groups excluding carboxylic acids is 1. The lowest BCUT2D eigenvalue weighted by atomic mass is 9.85. The number of hydrogen-bond donors (Lipinski definition) is 3. The van der Waals surface area contributed by atoms with Gasteiger partial charge in [0.1, 0.15) is 0 Å². The minimum Gasteiger partial charge on any atom is -0.480 e. The summed E-state index contributed by atoms with van der Waals surface area (Å²) in [6.07, 6.45) is 3.99. The largest absolute Gasteiger partial charge is 0.480 e. The van der Waals surface area contributed by atoms with Gasteiger partial charge >= 0.3 is 12.0 Å². The Morgan fingerprint density at radius 3 is 2.68 bits per heavy atom. The Labute approximate surface area is 152 Å². The maximum absolute atomic E-state index is 12.1. The van der Waals surface area contributed by atoms with Crippen LogP contribution in [0.25, 0.3) is 0 Å². The lowest BCUT2D eigenvalue weighted by Crippen LogP contribution is -2.55. The fourth-order valence-corrected chi connectivity index (χ4v) is 3.40. The molecule has 2 aliphatic carbocycles. The number of nitrogens with zero attached hydrogens (tertiary/aromatic N) is 1. The molecule has 2 saturated carbocycles. The zero-order chi connectivity index (χ0) is 18.0. The Morgan fingerprint density at radius 2 is 2.04 bits per heavy atom. The van der Waals surface area contributed by atoms with E-state index in [1.165, 1.54) is 12.8 Å². The van der Waals surface area contributed by atoms with Crippen LogP contribution in [-0.4, -0.2) is 47.2 Å². The van der Waals surface area contributed by atoms with Gasteiger partial charge < -0.3 is 15.7 Å². The number of amides is 2. The molecule has 0 aliphatic heterocycles. The standard InChI is InChI=1S/C18H24ClN3O3/c1-11-2-5-13(19)6-16(11)21-18(25)20-14-7-15(8-14)22(10-17(23)24)9-12-3-4-12/h2,5-6,12,14-15H,3-4,7-10H2,1H3,(H,23,24)(H2,20,21,25). The smallest absolute Gasteiger partial charge is 0.319 e. The number of carbonyl (C=O) groups is 2. The van der Waals surface area contributed by atoms with E-state index in [9.17, 15) is 9.59 Å². The topological polar surface area (TPSA) is 81.7 Å². The number of halogens is 1. The lowest BCUT2D eigenvalue weighted by Gasteiger charge is -2.42. The second-order valence-electron chi connectivity index (χ2n) is 7.15. The molecule has 0 radical (unpaired) electrons. The molecule has 25 heavy (non-hydrogen) atoms. The Kier molecular flexibility index (Phi) is 5.49. The van der Waals surface area contributed by atoms with E-state index in [1.54, 1.807) is 12.1 Å². The number of aliphatic carboxylic acids is 1. The van der Waals surface area contributed by atoms with Crippen LogP contribution in [0.1, 0.15) is 31.2 Å². The number of aryl methyl sites for hydroxylation is 1. The minimum atomic E-state index is -0.786. The van der Waals surface area contributed by atoms with E-state index in [0.717, 1.165) is 24.9 Å². The fourth-order valence-electron chi connectivity index (χ4n) is 3.23. The molecule has 0 bridgehead atoms. The number of carboxylic acids is 1. The van der Waals surface area contributed by atoms with Crippen LogP contribution in [0, 0.1) is 12.8 Å². The first kappa shape index (κ1) is 18.0. The normalized spacial score (nSPS) is 22.4. The average Bonchev–Trinajstić information content (AvgIpc) is 3.29. The van der Waals surface area contributed by atoms with E-state index < -0.39 is 5.97 Å². The summed E-state index contributed by atoms with van der Waals surface area (Å²) in [4.78, 5) is 25.2. The van der Waals surface area contributed by atoms with Crippen LogP contribution >= 0.6 is 11.6 Å². The van der Waals surface area contributed by atoms with Crippen molar-refractivity contribution in [3.63, 3.8) is 0 Å². The number of anilines is 1. The summed E-state index contributed by atoms with van der Waals surface area (Å²) in [5.74, 6) is -0.133. The molecule has 2 amide bonds. The van der Waals surface area contributed by atoms with Gasteiger partial charge in [0.05, 0.1) is 6.54 Å². The highest BCUT2D eigenvalue weighted by Crippen LogP contribution is 2.33. The van der Waals surface area contributed by atoms with Crippen LogP contribution in [-0.2, 0) is 4.79 Å². The second-order valence-corrected chi connectivity index (χ2v) is 7.58. The number of rotatable bonds is 7. The van der Waals surface area contributed by atoms with Gasteiger partial charge in [-0.25, -0.2) is 4.79 Å². The molecule has 2 aliphatic rings. The highest BCUT2D eigenvalue weighted by Gasteiger charge is 2.37. The molecule has 3 N–H and O–H groups in total. The van der Waals surface area contributed by atoms with Crippen LogP contribution in [0.2, 0.25) is 5.02 Å². The average molecular weight is 366 g/mol. The van der Waals surface area contributed by atoms with Crippen molar-refractivity contribution in [3.05, 3.63) is 28.8 Å². The van der Waals surface area contributed by atoms with Gasteiger partial charge in [0, 0.05) is 29.3 Å². The van der Waals surface area contributed by atoms with Crippen LogP contribution in [0.3, 0.4) is 0 Å².